The monoisotopic (exact) mass is 187 g/mol. The van der Waals surface area contributed by atoms with Gasteiger partial charge in [0.15, 0.2) is 0 Å². The van der Waals surface area contributed by atoms with Crippen LogP contribution in [0.2, 0.25) is 0 Å². The quantitative estimate of drug-likeness (QED) is 0.667. The lowest BCUT2D eigenvalue weighted by Crippen LogP contribution is -2.35. The molecular formula is C10H21NO2. The first kappa shape index (κ1) is 12.4. The van der Waals surface area contributed by atoms with Crippen LogP contribution in [0.5, 0.6) is 0 Å². The molecule has 13 heavy (non-hydrogen) atoms. The van der Waals surface area contributed by atoms with Crippen molar-refractivity contribution in [1.29, 1.82) is 0 Å². The van der Waals surface area contributed by atoms with E-state index in [-0.39, 0.29) is 18.4 Å². The molecular weight excluding hydrogens is 166 g/mol. The number of carbonyl (C=O) groups is 1. The normalized spacial score (nSPS) is 17.8. The van der Waals surface area contributed by atoms with Crippen LogP contribution in [0.3, 0.4) is 0 Å². The van der Waals surface area contributed by atoms with Gasteiger partial charge in [-0.3, -0.25) is 4.79 Å². The number of aliphatic carboxylic acids is 1. The van der Waals surface area contributed by atoms with E-state index in [2.05, 4.69) is 13.8 Å². The van der Waals surface area contributed by atoms with Gasteiger partial charge < -0.3 is 10.8 Å². The van der Waals surface area contributed by atoms with Crippen LogP contribution in [0.15, 0.2) is 0 Å². The highest BCUT2D eigenvalue weighted by Crippen LogP contribution is 2.23. The Labute approximate surface area is 80.3 Å². The third-order valence-corrected chi connectivity index (χ3v) is 2.81. The third kappa shape index (κ3) is 4.27. The van der Waals surface area contributed by atoms with E-state index in [4.69, 9.17) is 10.8 Å². The molecule has 0 rings (SSSR count). The fourth-order valence-corrected chi connectivity index (χ4v) is 1.58. The van der Waals surface area contributed by atoms with Gasteiger partial charge in [-0.1, -0.05) is 27.2 Å². The maximum Gasteiger partial charge on any atom is 0.303 e. The molecule has 3 heteroatoms. The van der Waals surface area contributed by atoms with Gasteiger partial charge in [-0.25, -0.2) is 0 Å². The molecule has 3 nitrogen and oxygen atoms in total. The Balaban J connectivity index is 4.26. The molecule has 0 aliphatic rings. The van der Waals surface area contributed by atoms with E-state index in [0.29, 0.717) is 5.92 Å². The number of rotatable bonds is 6. The van der Waals surface area contributed by atoms with Crippen molar-refractivity contribution in [2.24, 2.45) is 17.6 Å². The van der Waals surface area contributed by atoms with Crippen molar-refractivity contribution in [3.8, 4) is 0 Å². The van der Waals surface area contributed by atoms with Crippen LogP contribution in [-0.2, 0) is 4.79 Å². The molecule has 0 aromatic carbocycles. The van der Waals surface area contributed by atoms with Gasteiger partial charge in [-0.05, 0) is 18.3 Å². The Bertz CT molecular complexity index is 149. The van der Waals surface area contributed by atoms with E-state index in [9.17, 15) is 4.79 Å². The van der Waals surface area contributed by atoms with Crippen molar-refractivity contribution in [1.82, 2.24) is 0 Å². The topological polar surface area (TPSA) is 63.3 Å². The zero-order chi connectivity index (χ0) is 10.4. The average Bonchev–Trinajstić information content (AvgIpc) is 2.11. The molecule has 3 N–H and O–H groups in total. The van der Waals surface area contributed by atoms with Crippen LogP contribution < -0.4 is 5.73 Å². The molecule has 0 spiro atoms. The van der Waals surface area contributed by atoms with Gasteiger partial charge >= 0.3 is 5.97 Å². The number of hydrogen-bond donors (Lipinski definition) is 2. The Morgan fingerprint density at radius 3 is 2.23 bits per heavy atom. The number of hydrogen-bond acceptors (Lipinski definition) is 2. The minimum Gasteiger partial charge on any atom is -0.481 e. The number of carboxylic acids is 1. The predicted molar refractivity (Wildman–Crippen MR) is 53.5 cm³/mol. The lowest BCUT2D eigenvalue weighted by atomic mass is 9.82. The highest BCUT2D eigenvalue weighted by Gasteiger charge is 2.24. The first-order valence-electron chi connectivity index (χ1n) is 5.00. The summed E-state index contributed by atoms with van der Waals surface area (Å²) in [5.41, 5.74) is 5.88. The summed E-state index contributed by atoms with van der Waals surface area (Å²) >= 11 is 0. The molecule has 3 atom stereocenters. The first-order chi connectivity index (χ1) is 6.02. The second-order valence-corrected chi connectivity index (χ2v) is 3.72. The molecule has 78 valence electrons. The maximum atomic E-state index is 10.6. The van der Waals surface area contributed by atoms with Crippen molar-refractivity contribution in [2.45, 2.75) is 46.1 Å². The number of carboxylic acid groups (broad SMARTS) is 1. The zero-order valence-electron chi connectivity index (χ0n) is 8.79. The van der Waals surface area contributed by atoms with Crippen LogP contribution >= 0.6 is 0 Å². The van der Waals surface area contributed by atoms with Gasteiger partial charge in [0.05, 0.1) is 0 Å². The van der Waals surface area contributed by atoms with E-state index in [1.165, 1.54) is 0 Å². The summed E-state index contributed by atoms with van der Waals surface area (Å²) in [6.07, 6.45) is 2.04. The molecule has 0 fully saturated rings. The van der Waals surface area contributed by atoms with Crippen molar-refractivity contribution in [2.75, 3.05) is 0 Å². The van der Waals surface area contributed by atoms with Crippen LogP contribution in [0.1, 0.15) is 40.0 Å². The van der Waals surface area contributed by atoms with Crippen LogP contribution in [-0.4, -0.2) is 17.1 Å². The second kappa shape index (κ2) is 5.97. The Morgan fingerprint density at radius 2 is 1.92 bits per heavy atom. The van der Waals surface area contributed by atoms with Gasteiger partial charge in [0.1, 0.15) is 0 Å². The van der Waals surface area contributed by atoms with Gasteiger partial charge in [-0.15, -0.1) is 0 Å². The van der Waals surface area contributed by atoms with E-state index >= 15 is 0 Å². The predicted octanol–water partition coefficient (Wildman–Crippen LogP) is 1.86. The van der Waals surface area contributed by atoms with E-state index in [0.717, 1.165) is 12.8 Å². The van der Waals surface area contributed by atoms with Crippen molar-refractivity contribution in [3.63, 3.8) is 0 Å². The third-order valence-electron chi connectivity index (χ3n) is 2.81. The largest absolute Gasteiger partial charge is 0.481 e. The molecule has 0 aliphatic heterocycles. The summed E-state index contributed by atoms with van der Waals surface area (Å²) in [4.78, 5) is 10.6. The standard InChI is InChI=1S/C10H21NO2/c1-4-7(3)8(6-10(12)13)9(11)5-2/h7-9H,4-6,11H2,1-3H3,(H,12,13). The summed E-state index contributed by atoms with van der Waals surface area (Å²) < 4.78 is 0. The SMILES string of the molecule is CCC(C)C(CC(=O)O)C(N)CC. The minimum atomic E-state index is -0.741. The van der Waals surface area contributed by atoms with E-state index in [1.807, 2.05) is 6.92 Å². The van der Waals surface area contributed by atoms with E-state index in [1.54, 1.807) is 0 Å². The Kier molecular flexibility index (Phi) is 5.71. The highest BCUT2D eigenvalue weighted by molar-refractivity contribution is 5.67. The smallest absolute Gasteiger partial charge is 0.303 e. The molecule has 0 heterocycles. The van der Waals surface area contributed by atoms with Gasteiger partial charge in [0.2, 0.25) is 0 Å². The molecule has 0 saturated carbocycles. The minimum absolute atomic E-state index is 0.0195. The summed E-state index contributed by atoms with van der Waals surface area (Å²) in [5.74, 6) is -0.229. The summed E-state index contributed by atoms with van der Waals surface area (Å²) in [7, 11) is 0. The van der Waals surface area contributed by atoms with Crippen LogP contribution in [0, 0.1) is 11.8 Å². The molecule has 0 aliphatic carbocycles. The van der Waals surface area contributed by atoms with Gasteiger partial charge in [0.25, 0.3) is 0 Å². The Hall–Kier alpha value is -0.570. The average molecular weight is 187 g/mol. The summed E-state index contributed by atoms with van der Waals surface area (Å²) in [5, 5.41) is 8.72. The lowest BCUT2D eigenvalue weighted by Gasteiger charge is -2.26. The molecule has 3 unspecified atom stereocenters. The van der Waals surface area contributed by atoms with Crippen LogP contribution in [0.25, 0.3) is 0 Å². The molecule has 0 radical (unpaired) electrons. The first-order valence-corrected chi connectivity index (χ1v) is 5.00. The number of nitrogens with two attached hydrogens (primary N) is 1. The summed E-state index contributed by atoms with van der Waals surface area (Å²) in [6, 6.07) is 0.0195. The molecule has 0 amide bonds. The van der Waals surface area contributed by atoms with Gasteiger partial charge in [-0.2, -0.15) is 0 Å². The fourth-order valence-electron chi connectivity index (χ4n) is 1.58. The van der Waals surface area contributed by atoms with Crippen molar-refractivity contribution < 1.29 is 9.90 Å². The van der Waals surface area contributed by atoms with Crippen molar-refractivity contribution in [3.05, 3.63) is 0 Å². The second-order valence-electron chi connectivity index (χ2n) is 3.72. The fraction of sp³-hybridized carbons (Fsp3) is 0.900. The molecule has 0 bridgehead atoms. The molecule has 0 aromatic rings. The highest BCUT2D eigenvalue weighted by atomic mass is 16.4. The van der Waals surface area contributed by atoms with Crippen molar-refractivity contribution >= 4 is 5.97 Å². The van der Waals surface area contributed by atoms with Gasteiger partial charge in [0, 0.05) is 12.5 Å². The van der Waals surface area contributed by atoms with E-state index < -0.39 is 5.97 Å². The zero-order valence-corrected chi connectivity index (χ0v) is 8.79. The maximum absolute atomic E-state index is 10.6. The summed E-state index contributed by atoms with van der Waals surface area (Å²) in [6.45, 7) is 6.15. The lowest BCUT2D eigenvalue weighted by molar-refractivity contribution is -0.138. The van der Waals surface area contributed by atoms with Crippen LogP contribution in [0.4, 0.5) is 0 Å². The Morgan fingerprint density at radius 1 is 1.38 bits per heavy atom. The molecule has 0 saturated heterocycles. The molecule has 0 aromatic heterocycles.